The third-order valence-electron chi connectivity index (χ3n) is 2.86. The third kappa shape index (κ3) is 2.16. The van der Waals surface area contributed by atoms with Crippen LogP contribution in [0, 0.1) is 0 Å². The molecule has 0 bridgehead atoms. The van der Waals surface area contributed by atoms with Crippen molar-refractivity contribution in [1.29, 1.82) is 0 Å². The fraction of sp³-hybridized carbons (Fsp3) is 0.455. The molecule has 1 fully saturated rings. The smallest absolute Gasteiger partial charge is 0.352 e. The monoisotopic (exact) mass is 238 g/mol. The second kappa shape index (κ2) is 4.58. The number of carboxylic acids is 1. The number of aromatic nitrogens is 1. The molecule has 0 radical (unpaired) electrons. The summed E-state index contributed by atoms with van der Waals surface area (Å²) in [4.78, 5) is 24.7. The zero-order valence-corrected chi connectivity index (χ0v) is 9.55. The van der Waals surface area contributed by atoms with Gasteiger partial charge in [0, 0.05) is 20.1 Å². The summed E-state index contributed by atoms with van der Waals surface area (Å²) in [7, 11) is 1.58. The van der Waals surface area contributed by atoms with E-state index in [2.05, 4.69) is 0 Å². The van der Waals surface area contributed by atoms with Crippen LogP contribution >= 0.6 is 0 Å². The highest BCUT2D eigenvalue weighted by Gasteiger charge is 2.22. The Kier molecular flexibility index (Phi) is 3.14. The molecular weight excluding hydrogens is 224 g/mol. The van der Waals surface area contributed by atoms with Crippen LogP contribution in [0.15, 0.2) is 12.1 Å². The Morgan fingerprint density at radius 2 is 1.82 bits per heavy atom. The molecule has 6 nitrogen and oxygen atoms in total. The summed E-state index contributed by atoms with van der Waals surface area (Å²) in [5.41, 5.74) is 0.505. The van der Waals surface area contributed by atoms with Gasteiger partial charge in [-0.1, -0.05) is 0 Å². The van der Waals surface area contributed by atoms with Crippen LogP contribution in [0.5, 0.6) is 0 Å². The van der Waals surface area contributed by atoms with Gasteiger partial charge in [0.1, 0.15) is 11.4 Å². The first-order chi connectivity index (χ1) is 8.11. The minimum atomic E-state index is -1.03. The fourth-order valence-electron chi connectivity index (χ4n) is 1.87. The van der Waals surface area contributed by atoms with Gasteiger partial charge < -0.3 is 19.3 Å². The molecule has 1 saturated heterocycles. The maximum atomic E-state index is 12.1. The molecule has 92 valence electrons. The standard InChI is InChI=1S/C11H14N2O4/c1-12-8(2-3-9(12)11(15)16)10(14)13-4-6-17-7-5-13/h2-3H,4-7H2,1H3,(H,15,16). The molecule has 6 heteroatoms. The molecule has 1 aromatic heterocycles. The van der Waals surface area contributed by atoms with Crippen LogP contribution in [0.4, 0.5) is 0 Å². The maximum Gasteiger partial charge on any atom is 0.352 e. The van der Waals surface area contributed by atoms with E-state index in [9.17, 15) is 9.59 Å². The van der Waals surface area contributed by atoms with Crippen LogP contribution in [-0.4, -0.2) is 52.8 Å². The number of rotatable bonds is 2. The molecule has 17 heavy (non-hydrogen) atoms. The minimum absolute atomic E-state index is 0.113. The van der Waals surface area contributed by atoms with Crippen molar-refractivity contribution < 1.29 is 19.4 Å². The summed E-state index contributed by atoms with van der Waals surface area (Å²) in [5.74, 6) is -1.18. The summed E-state index contributed by atoms with van der Waals surface area (Å²) in [6, 6.07) is 2.98. The third-order valence-corrected chi connectivity index (χ3v) is 2.86. The van der Waals surface area contributed by atoms with Gasteiger partial charge in [0.05, 0.1) is 13.2 Å². The van der Waals surface area contributed by atoms with Gasteiger partial charge in [-0.3, -0.25) is 4.79 Å². The molecule has 0 spiro atoms. The average Bonchev–Trinajstić information content (AvgIpc) is 2.71. The van der Waals surface area contributed by atoms with E-state index >= 15 is 0 Å². The molecule has 0 atom stereocenters. The SMILES string of the molecule is Cn1c(C(=O)O)ccc1C(=O)N1CCOCC1. The van der Waals surface area contributed by atoms with Crippen LogP contribution in [0.25, 0.3) is 0 Å². The van der Waals surface area contributed by atoms with Crippen molar-refractivity contribution in [1.82, 2.24) is 9.47 Å². The van der Waals surface area contributed by atoms with Gasteiger partial charge in [0.15, 0.2) is 0 Å². The second-order valence-corrected chi connectivity index (χ2v) is 3.87. The molecular formula is C11H14N2O4. The molecule has 2 rings (SSSR count). The second-order valence-electron chi connectivity index (χ2n) is 3.87. The number of carbonyl (C=O) groups excluding carboxylic acids is 1. The first kappa shape index (κ1) is 11.7. The summed E-state index contributed by atoms with van der Waals surface area (Å²) >= 11 is 0. The topological polar surface area (TPSA) is 71.8 Å². The van der Waals surface area contributed by atoms with E-state index in [1.807, 2.05) is 0 Å². The van der Waals surface area contributed by atoms with Gasteiger partial charge in [-0.15, -0.1) is 0 Å². The Balaban J connectivity index is 2.21. The number of hydrogen-bond donors (Lipinski definition) is 1. The summed E-state index contributed by atoms with van der Waals surface area (Å²) in [6.45, 7) is 2.16. The molecule has 0 aromatic carbocycles. The van der Waals surface area contributed by atoms with Gasteiger partial charge in [0.2, 0.25) is 0 Å². The lowest BCUT2D eigenvalue weighted by molar-refractivity contribution is 0.0296. The first-order valence-corrected chi connectivity index (χ1v) is 5.37. The molecule has 0 aliphatic carbocycles. The van der Waals surface area contributed by atoms with Crippen molar-refractivity contribution in [2.45, 2.75) is 0 Å². The number of aromatic carboxylic acids is 1. The maximum absolute atomic E-state index is 12.1. The minimum Gasteiger partial charge on any atom is -0.477 e. The van der Waals surface area contributed by atoms with E-state index < -0.39 is 5.97 Å². The Hall–Kier alpha value is -1.82. The first-order valence-electron chi connectivity index (χ1n) is 5.37. The van der Waals surface area contributed by atoms with Crippen molar-refractivity contribution in [2.24, 2.45) is 7.05 Å². The number of carbonyl (C=O) groups is 2. The lowest BCUT2D eigenvalue weighted by atomic mass is 10.3. The molecule has 1 aromatic rings. The molecule has 1 aliphatic heterocycles. The highest BCUT2D eigenvalue weighted by Crippen LogP contribution is 2.11. The summed E-state index contributed by atoms with van der Waals surface area (Å²) < 4.78 is 6.57. The van der Waals surface area contributed by atoms with Gasteiger partial charge in [-0.05, 0) is 12.1 Å². The highest BCUT2D eigenvalue weighted by molar-refractivity contribution is 5.95. The van der Waals surface area contributed by atoms with E-state index in [0.29, 0.717) is 32.0 Å². The predicted octanol–water partition coefficient (Wildman–Crippen LogP) is 0.196. The van der Waals surface area contributed by atoms with Gasteiger partial charge >= 0.3 is 5.97 Å². The Bertz CT molecular complexity index is 446. The van der Waals surface area contributed by atoms with Gasteiger partial charge in [-0.25, -0.2) is 4.79 Å². The van der Waals surface area contributed by atoms with E-state index in [0.717, 1.165) is 0 Å². The number of carboxylic acid groups (broad SMARTS) is 1. The van der Waals surface area contributed by atoms with E-state index in [-0.39, 0.29) is 11.6 Å². The molecule has 0 unspecified atom stereocenters. The predicted molar refractivity (Wildman–Crippen MR) is 59.1 cm³/mol. The normalized spacial score (nSPS) is 15.9. The molecule has 1 N–H and O–H groups in total. The lowest BCUT2D eigenvalue weighted by Crippen LogP contribution is -2.41. The van der Waals surface area contributed by atoms with Crippen molar-refractivity contribution in [3.63, 3.8) is 0 Å². The van der Waals surface area contributed by atoms with Crippen LogP contribution in [0.3, 0.4) is 0 Å². The van der Waals surface area contributed by atoms with E-state index in [1.165, 1.54) is 10.6 Å². The lowest BCUT2D eigenvalue weighted by Gasteiger charge is -2.26. The Morgan fingerprint density at radius 3 is 2.35 bits per heavy atom. The fourth-order valence-corrected chi connectivity index (χ4v) is 1.87. The van der Waals surface area contributed by atoms with Crippen LogP contribution in [0.2, 0.25) is 0 Å². The van der Waals surface area contributed by atoms with E-state index in [1.54, 1.807) is 18.0 Å². The van der Waals surface area contributed by atoms with Crippen molar-refractivity contribution in [2.75, 3.05) is 26.3 Å². The van der Waals surface area contributed by atoms with Gasteiger partial charge in [0.25, 0.3) is 5.91 Å². The molecule has 0 saturated carbocycles. The zero-order chi connectivity index (χ0) is 12.4. The van der Waals surface area contributed by atoms with Crippen LogP contribution < -0.4 is 0 Å². The number of ether oxygens (including phenoxy) is 1. The Morgan fingerprint density at radius 1 is 1.24 bits per heavy atom. The van der Waals surface area contributed by atoms with Gasteiger partial charge in [-0.2, -0.15) is 0 Å². The number of morpholine rings is 1. The largest absolute Gasteiger partial charge is 0.477 e. The van der Waals surface area contributed by atoms with Crippen LogP contribution in [0.1, 0.15) is 21.0 Å². The number of nitrogens with zero attached hydrogens (tertiary/aromatic N) is 2. The van der Waals surface area contributed by atoms with Crippen LogP contribution in [-0.2, 0) is 11.8 Å². The molecule has 2 heterocycles. The van der Waals surface area contributed by atoms with Crippen molar-refractivity contribution >= 4 is 11.9 Å². The van der Waals surface area contributed by atoms with E-state index in [4.69, 9.17) is 9.84 Å². The highest BCUT2D eigenvalue weighted by atomic mass is 16.5. The quantitative estimate of drug-likeness (QED) is 0.798. The molecule has 1 aliphatic rings. The summed E-state index contributed by atoms with van der Waals surface area (Å²) in [6.07, 6.45) is 0. The van der Waals surface area contributed by atoms with Crippen molar-refractivity contribution in [3.05, 3.63) is 23.5 Å². The average molecular weight is 238 g/mol. The number of hydrogen-bond acceptors (Lipinski definition) is 3. The molecule has 1 amide bonds. The zero-order valence-electron chi connectivity index (χ0n) is 9.55. The summed E-state index contributed by atoms with van der Waals surface area (Å²) in [5, 5.41) is 8.91. The Labute approximate surface area is 98.4 Å². The van der Waals surface area contributed by atoms with Crippen molar-refractivity contribution in [3.8, 4) is 0 Å². The number of amides is 1.